The normalized spacial score (nSPS) is 18.8. The van der Waals surface area contributed by atoms with Crippen molar-refractivity contribution in [1.82, 2.24) is 9.97 Å². The molecule has 5 heteroatoms. The number of halogens is 1. The van der Waals surface area contributed by atoms with Gasteiger partial charge in [0.1, 0.15) is 5.82 Å². The van der Waals surface area contributed by atoms with Crippen LogP contribution in [0.5, 0.6) is 0 Å². The fourth-order valence-corrected chi connectivity index (χ4v) is 2.62. The zero-order valence-electron chi connectivity index (χ0n) is 10.5. The Kier molecular flexibility index (Phi) is 3.03. The van der Waals surface area contributed by atoms with Gasteiger partial charge < -0.3 is 10.6 Å². The van der Waals surface area contributed by atoms with Gasteiger partial charge in [0.2, 0.25) is 5.95 Å². The molecule has 0 amide bonds. The van der Waals surface area contributed by atoms with Gasteiger partial charge in [-0.25, -0.2) is 14.4 Å². The molecular formula is C14H15FN4. The molecule has 1 unspecified atom stereocenters. The Hall–Kier alpha value is -2.17. The predicted molar refractivity (Wildman–Crippen MR) is 72.2 cm³/mol. The van der Waals surface area contributed by atoms with Crippen molar-refractivity contribution in [2.45, 2.75) is 18.9 Å². The van der Waals surface area contributed by atoms with Gasteiger partial charge in [-0.15, -0.1) is 0 Å². The highest BCUT2D eigenvalue weighted by atomic mass is 19.1. The number of hydrogen-bond acceptors (Lipinski definition) is 4. The summed E-state index contributed by atoms with van der Waals surface area (Å²) in [5.41, 5.74) is 7.43. The van der Waals surface area contributed by atoms with Crippen molar-refractivity contribution in [2.24, 2.45) is 0 Å². The Bertz CT molecular complexity index is 570. The molecule has 1 aromatic carbocycles. The van der Waals surface area contributed by atoms with Gasteiger partial charge in [-0.2, -0.15) is 0 Å². The van der Waals surface area contributed by atoms with E-state index in [1.165, 1.54) is 6.07 Å². The number of nitrogens with two attached hydrogens (primary N) is 1. The lowest BCUT2D eigenvalue weighted by atomic mass is 10.0. The van der Waals surface area contributed by atoms with Gasteiger partial charge in [0.05, 0.1) is 24.1 Å². The molecule has 19 heavy (non-hydrogen) atoms. The van der Waals surface area contributed by atoms with E-state index >= 15 is 0 Å². The molecule has 0 bridgehead atoms. The first-order valence-corrected chi connectivity index (χ1v) is 6.33. The smallest absolute Gasteiger partial charge is 0.220 e. The molecule has 1 aliphatic rings. The van der Waals surface area contributed by atoms with Gasteiger partial charge in [0.15, 0.2) is 0 Å². The average molecular weight is 258 g/mol. The molecule has 4 nitrogen and oxygen atoms in total. The van der Waals surface area contributed by atoms with Crippen molar-refractivity contribution in [3.8, 4) is 0 Å². The van der Waals surface area contributed by atoms with E-state index in [1.807, 2.05) is 6.07 Å². The van der Waals surface area contributed by atoms with E-state index < -0.39 is 0 Å². The Labute approximate surface area is 111 Å². The second kappa shape index (κ2) is 4.84. The van der Waals surface area contributed by atoms with E-state index in [0.717, 1.165) is 30.6 Å². The van der Waals surface area contributed by atoms with Crippen LogP contribution in [-0.4, -0.2) is 16.5 Å². The largest absolute Gasteiger partial charge is 0.368 e. The van der Waals surface area contributed by atoms with Gasteiger partial charge in [-0.1, -0.05) is 12.1 Å². The summed E-state index contributed by atoms with van der Waals surface area (Å²) < 4.78 is 13.3. The third kappa shape index (κ3) is 2.36. The first-order valence-electron chi connectivity index (χ1n) is 6.33. The summed E-state index contributed by atoms with van der Waals surface area (Å²) in [4.78, 5) is 10.2. The van der Waals surface area contributed by atoms with Crippen molar-refractivity contribution in [3.63, 3.8) is 0 Å². The van der Waals surface area contributed by atoms with Crippen LogP contribution in [0, 0.1) is 5.82 Å². The van der Waals surface area contributed by atoms with E-state index in [0.29, 0.717) is 0 Å². The number of aromatic nitrogens is 2. The molecule has 0 spiro atoms. The lowest BCUT2D eigenvalue weighted by molar-refractivity contribution is 0.618. The quantitative estimate of drug-likeness (QED) is 0.899. The maximum absolute atomic E-state index is 13.3. The van der Waals surface area contributed by atoms with Crippen molar-refractivity contribution >= 4 is 11.6 Å². The summed E-state index contributed by atoms with van der Waals surface area (Å²) >= 11 is 0. The van der Waals surface area contributed by atoms with Crippen LogP contribution in [0.1, 0.15) is 24.4 Å². The van der Waals surface area contributed by atoms with Crippen LogP contribution < -0.4 is 10.6 Å². The molecule has 1 aliphatic heterocycles. The molecule has 98 valence electrons. The second-order valence-electron chi connectivity index (χ2n) is 4.71. The number of hydrogen-bond donors (Lipinski definition) is 1. The van der Waals surface area contributed by atoms with Gasteiger partial charge in [-0.3, -0.25) is 0 Å². The lowest BCUT2D eigenvalue weighted by Gasteiger charge is -2.26. The zero-order chi connectivity index (χ0) is 13.2. The highest BCUT2D eigenvalue weighted by Gasteiger charge is 2.26. The minimum atomic E-state index is -0.196. The van der Waals surface area contributed by atoms with Gasteiger partial charge in [0.25, 0.3) is 0 Å². The molecule has 2 N–H and O–H groups in total. The standard InChI is InChI=1S/C14H15FN4/c15-11-4-1-3-10(7-11)13-5-2-6-19(13)12-8-17-14(16)18-9-12/h1,3-4,7-9,13H,2,5-6H2,(H2,16,17,18). The fourth-order valence-electron chi connectivity index (χ4n) is 2.62. The summed E-state index contributed by atoms with van der Waals surface area (Å²) in [6.07, 6.45) is 5.53. The molecule has 2 heterocycles. The summed E-state index contributed by atoms with van der Waals surface area (Å²) in [6.45, 7) is 0.925. The second-order valence-corrected chi connectivity index (χ2v) is 4.71. The van der Waals surface area contributed by atoms with Crippen LogP contribution in [0.25, 0.3) is 0 Å². The maximum Gasteiger partial charge on any atom is 0.220 e. The molecule has 3 rings (SSSR count). The van der Waals surface area contributed by atoms with Crippen LogP contribution in [0.15, 0.2) is 36.7 Å². The monoisotopic (exact) mass is 258 g/mol. The van der Waals surface area contributed by atoms with E-state index in [1.54, 1.807) is 24.5 Å². The zero-order valence-corrected chi connectivity index (χ0v) is 10.5. The first-order chi connectivity index (χ1) is 9.24. The van der Waals surface area contributed by atoms with Gasteiger partial charge >= 0.3 is 0 Å². The summed E-state index contributed by atoms with van der Waals surface area (Å²) in [6, 6.07) is 6.96. The number of nitrogens with zero attached hydrogens (tertiary/aromatic N) is 3. The topological polar surface area (TPSA) is 55.0 Å². The highest BCUT2D eigenvalue weighted by Crippen LogP contribution is 2.35. The number of benzene rings is 1. The number of rotatable bonds is 2. The van der Waals surface area contributed by atoms with E-state index in [2.05, 4.69) is 14.9 Å². The molecule has 0 aliphatic carbocycles. The van der Waals surface area contributed by atoms with E-state index in [4.69, 9.17) is 5.73 Å². The van der Waals surface area contributed by atoms with Gasteiger partial charge in [0, 0.05) is 6.54 Å². The molecule has 2 aromatic rings. The van der Waals surface area contributed by atoms with Gasteiger partial charge in [-0.05, 0) is 30.5 Å². The highest BCUT2D eigenvalue weighted by molar-refractivity contribution is 5.48. The summed E-state index contributed by atoms with van der Waals surface area (Å²) in [5, 5.41) is 0. The third-order valence-electron chi connectivity index (χ3n) is 3.48. The fraction of sp³-hybridized carbons (Fsp3) is 0.286. The molecule has 1 fully saturated rings. The van der Waals surface area contributed by atoms with Crippen molar-refractivity contribution in [2.75, 3.05) is 17.2 Å². The SMILES string of the molecule is Nc1ncc(N2CCCC2c2cccc(F)c2)cn1. The first kappa shape index (κ1) is 11.9. The van der Waals surface area contributed by atoms with Crippen molar-refractivity contribution < 1.29 is 4.39 Å². The molecular weight excluding hydrogens is 243 g/mol. The number of nitrogen functional groups attached to an aromatic ring is 1. The van der Waals surface area contributed by atoms with Crippen LogP contribution in [0.3, 0.4) is 0 Å². The molecule has 1 saturated heterocycles. The maximum atomic E-state index is 13.3. The minimum Gasteiger partial charge on any atom is -0.368 e. The molecule has 1 atom stereocenters. The van der Waals surface area contributed by atoms with Crippen molar-refractivity contribution in [3.05, 3.63) is 48.0 Å². The Morgan fingerprint density at radius 3 is 2.79 bits per heavy atom. The minimum absolute atomic E-state index is 0.183. The van der Waals surface area contributed by atoms with E-state index in [-0.39, 0.29) is 17.8 Å². The molecule has 0 radical (unpaired) electrons. The van der Waals surface area contributed by atoms with E-state index in [9.17, 15) is 4.39 Å². The van der Waals surface area contributed by atoms with Crippen LogP contribution >= 0.6 is 0 Å². The molecule has 0 saturated carbocycles. The lowest BCUT2D eigenvalue weighted by Crippen LogP contribution is -2.23. The Morgan fingerprint density at radius 2 is 2.05 bits per heavy atom. The summed E-state index contributed by atoms with van der Waals surface area (Å²) in [7, 11) is 0. The predicted octanol–water partition coefficient (Wildman–Crippen LogP) is 2.54. The van der Waals surface area contributed by atoms with Crippen LogP contribution in [0.2, 0.25) is 0 Å². The average Bonchev–Trinajstić information content (AvgIpc) is 2.89. The van der Waals surface area contributed by atoms with Crippen LogP contribution in [-0.2, 0) is 0 Å². The molecule has 1 aromatic heterocycles. The van der Waals surface area contributed by atoms with Crippen molar-refractivity contribution in [1.29, 1.82) is 0 Å². The Balaban J connectivity index is 1.91. The summed E-state index contributed by atoms with van der Waals surface area (Å²) in [5.74, 6) is 0.0724. The third-order valence-corrected chi connectivity index (χ3v) is 3.48. The van der Waals surface area contributed by atoms with Crippen LogP contribution in [0.4, 0.5) is 16.0 Å². The Morgan fingerprint density at radius 1 is 1.26 bits per heavy atom. The number of anilines is 2.